The number of hydrogen-bond acceptors (Lipinski definition) is 3. The first-order valence-corrected chi connectivity index (χ1v) is 8.49. The highest BCUT2D eigenvalue weighted by molar-refractivity contribution is 5.97. The summed E-state index contributed by atoms with van der Waals surface area (Å²) in [5.74, 6) is -0.233. The molecule has 2 aromatic rings. The number of carbonyl (C=O) groups excluding carboxylic acids is 2. The van der Waals surface area contributed by atoms with E-state index in [1.54, 1.807) is 24.3 Å². The predicted molar refractivity (Wildman–Crippen MR) is 100 cm³/mol. The molecule has 0 fully saturated rings. The maximum absolute atomic E-state index is 12.2. The fourth-order valence-corrected chi connectivity index (χ4v) is 2.48. The second-order valence-electron chi connectivity index (χ2n) is 6.04. The number of nitrogens with zero attached hydrogens (tertiary/aromatic N) is 1. The average Bonchev–Trinajstić information content (AvgIpc) is 2.60. The van der Waals surface area contributed by atoms with Crippen LogP contribution in [0.15, 0.2) is 54.6 Å². The van der Waals surface area contributed by atoms with Crippen LogP contribution in [0.2, 0.25) is 0 Å². The fraction of sp³-hybridized carbons (Fsp3) is 0.300. The van der Waals surface area contributed by atoms with E-state index < -0.39 is 0 Å². The highest BCUT2D eigenvalue weighted by Gasteiger charge is 2.09. The lowest BCUT2D eigenvalue weighted by Crippen LogP contribution is -2.30. The van der Waals surface area contributed by atoms with Crippen LogP contribution in [-0.4, -0.2) is 36.9 Å². The highest BCUT2D eigenvalue weighted by atomic mass is 16.2. The van der Waals surface area contributed by atoms with E-state index in [1.165, 1.54) is 0 Å². The number of amides is 2. The van der Waals surface area contributed by atoms with Crippen LogP contribution in [0, 0.1) is 0 Å². The van der Waals surface area contributed by atoms with Crippen LogP contribution in [0.3, 0.4) is 0 Å². The molecule has 2 aromatic carbocycles. The zero-order valence-electron chi connectivity index (χ0n) is 14.8. The van der Waals surface area contributed by atoms with E-state index in [9.17, 15) is 9.59 Å². The van der Waals surface area contributed by atoms with Gasteiger partial charge in [0.1, 0.15) is 0 Å². The Morgan fingerprint density at radius 2 is 1.80 bits per heavy atom. The van der Waals surface area contributed by atoms with E-state index in [2.05, 4.69) is 10.6 Å². The van der Waals surface area contributed by atoms with Crippen molar-refractivity contribution in [3.05, 3.63) is 65.7 Å². The van der Waals surface area contributed by atoms with E-state index >= 15 is 0 Å². The molecule has 0 aliphatic carbocycles. The molecule has 132 valence electrons. The molecule has 0 heterocycles. The molecule has 0 aliphatic rings. The van der Waals surface area contributed by atoms with Crippen molar-refractivity contribution >= 4 is 17.5 Å². The third kappa shape index (κ3) is 6.39. The molecule has 0 bridgehead atoms. The molecule has 0 radical (unpaired) electrons. The van der Waals surface area contributed by atoms with Crippen LogP contribution >= 0.6 is 0 Å². The Bertz CT molecular complexity index is 701. The van der Waals surface area contributed by atoms with Crippen LogP contribution in [0.25, 0.3) is 0 Å². The van der Waals surface area contributed by atoms with Crippen LogP contribution in [0.4, 0.5) is 5.69 Å². The monoisotopic (exact) mass is 339 g/mol. The Kier molecular flexibility index (Phi) is 7.16. The van der Waals surface area contributed by atoms with Crippen molar-refractivity contribution in [2.24, 2.45) is 0 Å². The van der Waals surface area contributed by atoms with Crippen molar-refractivity contribution in [2.45, 2.75) is 19.9 Å². The summed E-state index contributed by atoms with van der Waals surface area (Å²) in [7, 11) is 1.90. The van der Waals surface area contributed by atoms with Crippen LogP contribution in [0.1, 0.15) is 29.3 Å². The summed E-state index contributed by atoms with van der Waals surface area (Å²) in [6.07, 6.45) is 0.885. The second kappa shape index (κ2) is 9.59. The molecular weight excluding hydrogens is 314 g/mol. The molecule has 0 saturated carbocycles. The highest BCUT2D eigenvalue weighted by Crippen LogP contribution is 2.11. The fourth-order valence-electron chi connectivity index (χ4n) is 2.48. The number of carbonyl (C=O) groups is 2. The number of hydrogen-bond donors (Lipinski definition) is 2. The van der Waals surface area contributed by atoms with Gasteiger partial charge in [-0.15, -0.1) is 0 Å². The molecule has 5 nitrogen and oxygen atoms in total. The lowest BCUT2D eigenvalue weighted by molar-refractivity contribution is -0.117. The van der Waals surface area contributed by atoms with Gasteiger partial charge >= 0.3 is 0 Å². The van der Waals surface area contributed by atoms with Gasteiger partial charge in [-0.1, -0.05) is 43.3 Å². The van der Waals surface area contributed by atoms with E-state index in [1.807, 2.05) is 49.2 Å². The van der Waals surface area contributed by atoms with Gasteiger partial charge in [0.25, 0.3) is 5.91 Å². The summed E-state index contributed by atoms with van der Waals surface area (Å²) in [5.41, 5.74) is 2.33. The van der Waals surface area contributed by atoms with Gasteiger partial charge in [-0.3, -0.25) is 14.5 Å². The van der Waals surface area contributed by atoms with E-state index in [0.29, 0.717) is 24.3 Å². The van der Waals surface area contributed by atoms with Gasteiger partial charge in [0.05, 0.1) is 6.54 Å². The van der Waals surface area contributed by atoms with Gasteiger partial charge in [0.15, 0.2) is 0 Å². The topological polar surface area (TPSA) is 61.4 Å². The number of nitrogens with one attached hydrogen (secondary N) is 2. The molecule has 5 heteroatoms. The summed E-state index contributed by atoms with van der Waals surface area (Å²) in [4.78, 5) is 26.2. The Morgan fingerprint density at radius 3 is 2.52 bits per heavy atom. The van der Waals surface area contributed by atoms with Crippen LogP contribution in [-0.2, 0) is 11.3 Å². The minimum Gasteiger partial charge on any atom is -0.352 e. The van der Waals surface area contributed by atoms with E-state index in [-0.39, 0.29) is 18.4 Å². The third-order valence-electron chi connectivity index (χ3n) is 3.65. The Labute approximate surface area is 149 Å². The number of rotatable bonds is 8. The maximum atomic E-state index is 12.2. The smallest absolute Gasteiger partial charge is 0.251 e. The molecule has 2 amide bonds. The third-order valence-corrected chi connectivity index (χ3v) is 3.65. The van der Waals surface area contributed by atoms with Gasteiger partial charge in [0, 0.05) is 24.3 Å². The summed E-state index contributed by atoms with van der Waals surface area (Å²) >= 11 is 0. The molecule has 0 aliphatic heterocycles. The first kappa shape index (κ1) is 18.7. The molecule has 0 aromatic heterocycles. The molecule has 0 atom stereocenters. The molecule has 25 heavy (non-hydrogen) atoms. The predicted octanol–water partition coefficient (Wildman–Crippen LogP) is 2.90. The van der Waals surface area contributed by atoms with Gasteiger partial charge in [-0.25, -0.2) is 0 Å². The quantitative estimate of drug-likeness (QED) is 0.777. The van der Waals surface area contributed by atoms with Crippen molar-refractivity contribution in [1.29, 1.82) is 0 Å². The van der Waals surface area contributed by atoms with Gasteiger partial charge < -0.3 is 10.6 Å². The Morgan fingerprint density at radius 1 is 1.04 bits per heavy atom. The molecular formula is C20H25N3O2. The Balaban J connectivity index is 1.88. The second-order valence-corrected chi connectivity index (χ2v) is 6.04. The van der Waals surface area contributed by atoms with Crippen molar-refractivity contribution in [3.8, 4) is 0 Å². The number of likely N-dealkylation sites (N-methyl/N-ethyl adjacent to an activating group) is 1. The van der Waals surface area contributed by atoms with Gasteiger partial charge in [-0.2, -0.15) is 0 Å². The maximum Gasteiger partial charge on any atom is 0.251 e. The van der Waals surface area contributed by atoms with Crippen LogP contribution < -0.4 is 10.6 Å². The number of benzene rings is 2. The first-order valence-electron chi connectivity index (χ1n) is 8.49. The SMILES string of the molecule is CCCNC(=O)c1cccc(NC(=O)CN(C)Cc2ccccc2)c1. The van der Waals surface area contributed by atoms with Crippen LogP contribution in [0.5, 0.6) is 0 Å². The molecule has 0 spiro atoms. The zero-order chi connectivity index (χ0) is 18.1. The molecule has 0 saturated heterocycles. The van der Waals surface area contributed by atoms with Crippen molar-refractivity contribution < 1.29 is 9.59 Å². The van der Waals surface area contributed by atoms with Gasteiger partial charge in [-0.05, 0) is 37.2 Å². The molecule has 2 N–H and O–H groups in total. The summed E-state index contributed by atoms with van der Waals surface area (Å²) in [5, 5.41) is 5.68. The van der Waals surface area contributed by atoms with E-state index in [4.69, 9.17) is 0 Å². The lowest BCUT2D eigenvalue weighted by Gasteiger charge is -2.16. The molecule has 0 unspecified atom stereocenters. The average molecular weight is 339 g/mol. The van der Waals surface area contributed by atoms with Crippen molar-refractivity contribution in [1.82, 2.24) is 10.2 Å². The lowest BCUT2D eigenvalue weighted by atomic mass is 10.2. The Hall–Kier alpha value is -2.66. The summed E-state index contributed by atoms with van der Waals surface area (Å²) in [6, 6.07) is 17.0. The van der Waals surface area contributed by atoms with Crippen molar-refractivity contribution in [3.63, 3.8) is 0 Å². The zero-order valence-corrected chi connectivity index (χ0v) is 14.8. The first-order chi connectivity index (χ1) is 12.1. The minimum atomic E-state index is -0.126. The summed E-state index contributed by atoms with van der Waals surface area (Å²) < 4.78 is 0. The van der Waals surface area contributed by atoms with Gasteiger partial charge in [0.2, 0.25) is 5.91 Å². The standard InChI is InChI=1S/C20H25N3O2/c1-3-12-21-20(25)17-10-7-11-18(13-17)22-19(24)15-23(2)14-16-8-5-4-6-9-16/h4-11,13H,3,12,14-15H2,1-2H3,(H,21,25)(H,22,24). The van der Waals surface area contributed by atoms with Crippen molar-refractivity contribution in [2.75, 3.05) is 25.5 Å². The summed E-state index contributed by atoms with van der Waals surface area (Å²) in [6.45, 7) is 3.62. The number of anilines is 1. The molecule has 2 rings (SSSR count). The minimum absolute atomic E-state index is 0.107. The van der Waals surface area contributed by atoms with E-state index in [0.717, 1.165) is 12.0 Å². The largest absolute Gasteiger partial charge is 0.352 e. The normalized spacial score (nSPS) is 10.5.